The molecule has 1 amide bonds. The maximum absolute atomic E-state index is 12.5. The number of carbonyl (C=O) groups excluding carboxylic acids is 1. The molecular formula is C15H13F2NO2S. The number of amides is 1. The number of nitrogens with one attached hydrogen (secondary N) is 1. The quantitative estimate of drug-likeness (QED) is 0.829. The van der Waals surface area contributed by atoms with Gasteiger partial charge in [-0.15, -0.1) is 0 Å². The number of thioether (sulfide) groups is 1. The molecule has 6 heteroatoms. The smallest absolute Gasteiger partial charge is 0.288 e. The molecule has 0 radical (unpaired) electrons. The molecule has 0 fully saturated rings. The van der Waals surface area contributed by atoms with Crippen LogP contribution in [-0.4, -0.2) is 16.8 Å². The fourth-order valence-electron chi connectivity index (χ4n) is 1.76. The van der Waals surface area contributed by atoms with E-state index in [9.17, 15) is 18.7 Å². The number of hydrogen-bond donors (Lipinski definition) is 2. The molecule has 0 aliphatic heterocycles. The van der Waals surface area contributed by atoms with E-state index in [4.69, 9.17) is 0 Å². The Labute approximate surface area is 125 Å². The Hall–Kier alpha value is -1.92. The van der Waals surface area contributed by atoms with E-state index in [0.717, 1.165) is 0 Å². The molecule has 0 heterocycles. The summed E-state index contributed by atoms with van der Waals surface area (Å²) >= 11 is 0.345. The van der Waals surface area contributed by atoms with Gasteiger partial charge in [-0.2, -0.15) is 8.78 Å². The van der Waals surface area contributed by atoms with Gasteiger partial charge in [0.2, 0.25) is 0 Å². The van der Waals surface area contributed by atoms with E-state index in [1.165, 1.54) is 12.1 Å². The van der Waals surface area contributed by atoms with Crippen molar-refractivity contribution >= 4 is 23.4 Å². The van der Waals surface area contributed by atoms with Gasteiger partial charge in [-0.3, -0.25) is 4.79 Å². The minimum atomic E-state index is -2.58. The zero-order valence-electron chi connectivity index (χ0n) is 10.9. The lowest BCUT2D eigenvalue weighted by Crippen LogP contribution is -2.21. The minimum absolute atomic E-state index is 0.251. The van der Waals surface area contributed by atoms with Crippen molar-refractivity contribution in [3.8, 4) is 0 Å². The highest BCUT2D eigenvalue weighted by Gasteiger charge is 2.19. The Balaban J connectivity index is 2.13. The largest absolute Gasteiger partial charge is 0.378 e. The molecule has 0 aliphatic carbocycles. The van der Waals surface area contributed by atoms with Crippen molar-refractivity contribution in [2.24, 2.45) is 0 Å². The highest BCUT2D eigenvalue weighted by atomic mass is 32.2. The summed E-state index contributed by atoms with van der Waals surface area (Å²) in [6.07, 6.45) is -1.35. The first-order chi connectivity index (χ1) is 10.1. The van der Waals surface area contributed by atoms with E-state index in [-0.39, 0.29) is 10.6 Å². The molecule has 110 valence electrons. The van der Waals surface area contributed by atoms with Crippen LogP contribution in [0.4, 0.5) is 14.5 Å². The van der Waals surface area contributed by atoms with E-state index in [2.05, 4.69) is 5.32 Å². The molecule has 0 aromatic heterocycles. The molecule has 1 atom stereocenters. The lowest BCUT2D eigenvalue weighted by Gasteiger charge is -2.14. The standard InChI is InChI=1S/C15H13F2NO2S/c16-15(17)21-12-9-5-4-8-11(12)18-14(20)13(19)10-6-2-1-3-7-10/h1-9,13,15,19H,(H,18,20). The predicted molar refractivity (Wildman–Crippen MR) is 78.3 cm³/mol. The average Bonchev–Trinajstić information content (AvgIpc) is 2.49. The summed E-state index contributed by atoms with van der Waals surface area (Å²) in [6, 6.07) is 14.6. The molecule has 0 saturated heterocycles. The van der Waals surface area contributed by atoms with E-state index in [1.54, 1.807) is 42.5 Å². The first kappa shape index (κ1) is 15.5. The van der Waals surface area contributed by atoms with E-state index < -0.39 is 17.8 Å². The number of para-hydroxylation sites is 1. The third-order valence-corrected chi connectivity index (χ3v) is 3.51. The molecule has 1 unspecified atom stereocenters. The fraction of sp³-hybridized carbons (Fsp3) is 0.133. The highest BCUT2D eigenvalue weighted by Crippen LogP contribution is 2.32. The first-order valence-corrected chi connectivity index (χ1v) is 7.03. The van der Waals surface area contributed by atoms with Gasteiger partial charge in [-0.1, -0.05) is 54.2 Å². The second-order valence-electron chi connectivity index (χ2n) is 4.18. The van der Waals surface area contributed by atoms with Gasteiger partial charge < -0.3 is 10.4 Å². The lowest BCUT2D eigenvalue weighted by molar-refractivity contribution is -0.124. The number of alkyl halides is 2. The van der Waals surface area contributed by atoms with Crippen LogP contribution >= 0.6 is 11.8 Å². The number of halogens is 2. The third-order valence-electron chi connectivity index (χ3n) is 2.72. The molecule has 0 aliphatic rings. The molecule has 2 N–H and O–H groups in total. The van der Waals surface area contributed by atoms with Crippen LogP contribution in [-0.2, 0) is 4.79 Å². The van der Waals surface area contributed by atoms with Gasteiger partial charge in [0.1, 0.15) is 0 Å². The van der Waals surface area contributed by atoms with Crippen LogP contribution in [0, 0.1) is 0 Å². The molecule has 0 spiro atoms. The van der Waals surface area contributed by atoms with E-state index in [1.807, 2.05) is 0 Å². The maximum atomic E-state index is 12.5. The average molecular weight is 309 g/mol. The highest BCUT2D eigenvalue weighted by molar-refractivity contribution is 7.99. The minimum Gasteiger partial charge on any atom is -0.378 e. The molecule has 0 bridgehead atoms. The molecular weight excluding hydrogens is 296 g/mol. The van der Waals surface area contributed by atoms with Crippen molar-refractivity contribution in [1.82, 2.24) is 0 Å². The van der Waals surface area contributed by atoms with Crippen molar-refractivity contribution in [2.45, 2.75) is 16.8 Å². The second kappa shape index (κ2) is 7.19. The number of aliphatic hydroxyl groups is 1. The van der Waals surface area contributed by atoms with Crippen molar-refractivity contribution in [1.29, 1.82) is 0 Å². The summed E-state index contributed by atoms with van der Waals surface area (Å²) in [4.78, 5) is 12.2. The van der Waals surface area contributed by atoms with Crippen LogP contribution < -0.4 is 5.32 Å². The van der Waals surface area contributed by atoms with Crippen molar-refractivity contribution in [3.63, 3.8) is 0 Å². The van der Waals surface area contributed by atoms with Gasteiger partial charge in [-0.05, 0) is 17.7 Å². The summed E-state index contributed by atoms with van der Waals surface area (Å²) in [5, 5.41) is 12.4. The maximum Gasteiger partial charge on any atom is 0.288 e. The van der Waals surface area contributed by atoms with Crippen LogP contribution in [0.25, 0.3) is 0 Å². The van der Waals surface area contributed by atoms with E-state index in [0.29, 0.717) is 17.3 Å². The van der Waals surface area contributed by atoms with Crippen molar-refractivity contribution < 1.29 is 18.7 Å². The van der Waals surface area contributed by atoms with Crippen LogP contribution in [0.15, 0.2) is 59.5 Å². The molecule has 2 aromatic rings. The Kier molecular flexibility index (Phi) is 5.30. The fourth-order valence-corrected chi connectivity index (χ4v) is 2.35. The monoisotopic (exact) mass is 309 g/mol. The number of aliphatic hydroxyl groups excluding tert-OH is 1. The Morgan fingerprint density at radius 1 is 1.05 bits per heavy atom. The van der Waals surface area contributed by atoms with Gasteiger partial charge in [-0.25, -0.2) is 0 Å². The van der Waals surface area contributed by atoms with E-state index >= 15 is 0 Å². The number of carbonyl (C=O) groups is 1. The summed E-state index contributed by atoms with van der Waals surface area (Å²) < 4.78 is 24.9. The zero-order chi connectivity index (χ0) is 15.2. The molecule has 3 nitrogen and oxygen atoms in total. The van der Waals surface area contributed by atoms with Crippen LogP contribution in [0.5, 0.6) is 0 Å². The molecule has 2 aromatic carbocycles. The summed E-state index contributed by atoms with van der Waals surface area (Å²) in [6.45, 7) is 0. The SMILES string of the molecule is O=C(Nc1ccccc1SC(F)F)C(O)c1ccccc1. The number of hydrogen-bond acceptors (Lipinski definition) is 3. The summed E-state index contributed by atoms with van der Waals surface area (Å²) in [5.74, 6) is -3.24. The number of anilines is 1. The van der Waals surface area contributed by atoms with Crippen LogP contribution in [0.1, 0.15) is 11.7 Å². The molecule has 0 saturated carbocycles. The second-order valence-corrected chi connectivity index (χ2v) is 5.21. The van der Waals surface area contributed by atoms with Crippen LogP contribution in [0.3, 0.4) is 0 Å². The van der Waals surface area contributed by atoms with Gasteiger partial charge in [0.15, 0.2) is 6.10 Å². The van der Waals surface area contributed by atoms with Gasteiger partial charge in [0.25, 0.3) is 11.7 Å². The summed E-state index contributed by atoms with van der Waals surface area (Å²) in [5.41, 5.74) is 0.691. The van der Waals surface area contributed by atoms with Crippen molar-refractivity contribution in [3.05, 3.63) is 60.2 Å². The zero-order valence-corrected chi connectivity index (χ0v) is 11.7. The third kappa shape index (κ3) is 4.27. The van der Waals surface area contributed by atoms with Gasteiger partial charge in [0, 0.05) is 4.90 Å². The van der Waals surface area contributed by atoms with Crippen molar-refractivity contribution in [2.75, 3.05) is 5.32 Å². The predicted octanol–water partition coefficient (Wildman–Crippen LogP) is 3.67. The normalized spacial score (nSPS) is 12.2. The summed E-state index contributed by atoms with van der Waals surface area (Å²) in [7, 11) is 0. The Morgan fingerprint density at radius 2 is 1.67 bits per heavy atom. The van der Waals surface area contributed by atoms with Gasteiger partial charge >= 0.3 is 0 Å². The number of rotatable bonds is 5. The Morgan fingerprint density at radius 3 is 2.33 bits per heavy atom. The van der Waals surface area contributed by atoms with Gasteiger partial charge in [0.05, 0.1) is 5.69 Å². The molecule has 21 heavy (non-hydrogen) atoms. The Bertz CT molecular complexity index is 608. The van der Waals surface area contributed by atoms with Crippen LogP contribution in [0.2, 0.25) is 0 Å². The lowest BCUT2D eigenvalue weighted by atomic mass is 10.1. The first-order valence-electron chi connectivity index (χ1n) is 6.15. The topological polar surface area (TPSA) is 49.3 Å². The molecule has 2 rings (SSSR count). The number of benzene rings is 2.